The fourth-order valence-electron chi connectivity index (χ4n) is 4.19. The fourth-order valence-corrected chi connectivity index (χ4v) is 4.19. The Hall–Kier alpha value is -3.74. The van der Waals surface area contributed by atoms with Crippen LogP contribution in [-0.4, -0.2) is 33.2 Å². The third-order valence-corrected chi connectivity index (χ3v) is 5.70. The van der Waals surface area contributed by atoms with Crippen LogP contribution in [0.5, 0.6) is 5.75 Å². The van der Waals surface area contributed by atoms with Crippen LogP contribution in [0, 0.1) is 13.8 Å². The molecule has 1 aliphatic rings. The topological polar surface area (TPSA) is 72.6 Å². The predicted octanol–water partition coefficient (Wildman–Crippen LogP) is 3.34. The minimum absolute atomic E-state index is 0.165. The Morgan fingerprint density at radius 1 is 1.10 bits per heavy atom. The number of methoxy groups -OCH3 is 1. The highest BCUT2D eigenvalue weighted by Gasteiger charge is 2.22. The fraction of sp³-hybridized carbons (Fsp3) is 0.250. The molecule has 3 aromatic heterocycles. The van der Waals surface area contributed by atoms with Crippen molar-refractivity contribution in [1.29, 1.82) is 0 Å². The van der Waals surface area contributed by atoms with Gasteiger partial charge in [-0.1, -0.05) is 18.2 Å². The van der Waals surface area contributed by atoms with Gasteiger partial charge in [0.15, 0.2) is 11.5 Å². The molecule has 1 aromatic carbocycles. The van der Waals surface area contributed by atoms with Gasteiger partial charge in [-0.05, 0) is 43.2 Å². The first-order valence-corrected chi connectivity index (χ1v) is 10.3. The summed E-state index contributed by atoms with van der Waals surface area (Å²) < 4.78 is 6.91. The molecule has 0 saturated heterocycles. The summed E-state index contributed by atoms with van der Waals surface area (Å²) in [6.45, 7) is 5.30. The van der Waals surface area contributed by atoms with Gasteiger partial charge in [0.05, 0.1) is 7.11 Å². The minimum atomic E-state index is -0.165. The Balaban J connectivity index is 1.53. The van der Waals surface area contributed by atoms with Crippen molar-refractivity contribution in [3.05, 3.63) is 81.5 Å². The number of para-hydroxylation sites is 1. The lowest BCUT2D eigenvalue weighted by Gasteiger charge is -2.30. The molecule has 0 radical (unpaired) electrons. The highest BCUT2D eigenvalue weighted by molar-refractivity contribution is 5.70. The second-order valence-electron chi connectivity index (χ2n) is 7.86. The van der Waals surface area contributed by atoms with E-state index < -0.39 is 0 Å². The van der Waals surface area contributed by atoms with Crippen LogP contribution in [0.15, 0.2) is 53.5 Å². The van der Waals surface area contributed by atoms with Gasteiger partial charge in [-0.15, -0.1) is 5.10 Å². The number of benzene rings is 1. The number of ether oxygens (including phenoxy) is 1. The van der Waals surface area contributed by atoms with E-state index in [4.69, 9.17) is 9.72 Å². The smallest absolute Gasteiger partial charge is 0.274 e. The largest absolute Gasteiger partial charge is 0.496 e. The molecule has 4 heterocycles. The van der Waals surface area contributed by atoms with Crippen molar-refractivity contribution < 1.29 is 4.74 Å². The Kier molecular flexibility index (Phi) is 4.66. The third-order valence-electron chi connectivity index (χ3n) is 5.70. The number of anilines is 1. The summed E-state index contributed by atoms with van der Waals surface area (Å²) in [5, 5.41) is 4.65. The van der Waals surface area contributed by atoms with Crippen molar-refractivity contribution in [3.8, 4) is 16.9 Å². The normalized spacial score (nSPS) is 13.3. The molecule has 0 unspecified atom stereocenters. The van der Waals surface area contributed by atoms with E-state index in [1.165, 1.54) is 10.6 Å². The third kappa shape index (κ3) is 3.42. The predicted molar refractivity (Wildman–Crippen MR) is 120 cm³/mol. The van der Waals surface area contributed by atoms with Crippen molar-refractivity contribution >= 4 is 11.5 Å². The average Bonchev–Trinajstić information content (AvgIpc) is 2.77. The van der Waals surface area contributed by atoms with Crippen LogP contribution in [0.4, 0.5) is 5.82 Å². The van der Waals surface area contributed by atoms with E-state index in [9.17, 15) is 4.79 Å². The summed E-state index contributed by atoms with van der Waals surface area (Å²) in [7, 11) is 1.68. The highest BCUT2D eigenvalue weighted by Crippen LogP contribution is 2.32. The first kappa shape index (κ1) is 19.2. The van der Waals surface area contributed by atoms with Crippen molar-refractivity contribution in [3.63, 3.8) is 0 Å². The number of nitrogens with zero attached hydrogens (tertiary/aromatic N) is 5. The molecule has 0 spiro atoms. The van der Waals surface area contributed by atoms with Crippen LogP contribution in [0.2, 0.25) is 0 Å². The molecular weight excluding hydrogens is 390 g/mol. The summed E-state index contributed by atoms with van der Waals surface area (Å²) in [5.41, 5.74) is 6.40. The maximum Gasteiger partial charge on any atom is 0.274 e. The number of aromatic nitrogens is 4. The van der Waals surface area contributed by atoms with Crippen LogP contribution in [-0.2, 0) is 13.0 Å². The SMILES string of the molecule is COc1ccccc1-c1cnc2c(c1)CN(c1nn3c(=O)cc(C)nc3cc1C)CC2. The zero-order chi connectivity index (χ0) is 21.5. The summed E-state index contributed by atoms with van der Waals surface area (Å²) in [6, 6.07) is 13.6. The summed E-state index contributed by atoms with van der Waals surface area (Å²) in [6.07, 6.45) is 2.74. The first-order valence-electron chi connectivity index (χ1n) is 10.3. The minimum Gasteiger partial charge on any atom is -0.496 e. The van der Waals surface area contributed by atoms with E-state index in [0.29, 0.717) is 17.9 Å². The van der Waals surface area contributed by atoms with Crippen LogP contribution in [0.1, 0.15) is 22.5 Å². The van der Waals surface area contributed by atoms with Gasteiger partial charge in [0.25, 0.3) is 5.56 Å². The van der Waals surface area contributed by atoms with Crippen molar-refractivity contribution in [2.24, 2.45) is 0 Å². The Labute approximate surface area is 180 Å². The molecule has 0 fully saturated rings. The lowest BCUT2D eigenvalue weighted by molar-refractivity contribution is 0.416. The Bertz CT molecular complexity index is 1360. The van der Waals surface area contributed by atoms with Gasteiger partial charge in [-0.2, -0.15) is 4.52 Å². The van der Waals surface area contributed by atoms with Gasteiger partial charge in [0.2, 0.25) is 0 Å². The summed E-state index contributed by atoms with van der Waals surface area (Å²) in [4.78, 5) is 23.8. The lowest BCUT2D eigenvalue weighted by atomic mass is 9.99. The zero-order valence-corrected chi connectivity index (χ0v) is 17.8. The Morgan fingerprint density at radius 2 is 1.94 bits per heavy atom. The monoisotopic (exact) mass is 413 g/mol. The number of aryl methyl sites for hydroxylation is 2. The number of rotatable bonds is 3. The molecule has 7 heteroatoms. The molecular formula is C24H23N5O2. The molecule has 7 nitrogen and oxygen atoms in total. The van der Waals surface area contributed by atoms with Crippen molar-refractivity contribution in [1.82, 2.24) is 19.6 Å². The molecule has 4 aromatic rings. The molecule has 0 amide bonds. The van der Waals surface area contributed by atoms with Crippen LogP contribution < -0.4 is 15.2 Å². The first-order chi connectivity index (χ1) is 15.0. The van der Waals surface area contributed by atoms with Crippen LogP contribution in [0.3, 0.4) is 0 Å². The highest BCUT2D eigenvalue weighted by atomic mass is 16.5. The van der Waals surface area contributed by atoms with E-state index in [0.717, 1.165) is 52.5 Å². The van der Waals surface area contributed by atoms with E-state index in [2.05, 4.69) is 21.0 Å². The van der Waals surface area contributed by atoms with E-state index in [-0.39, 0.29) is 5.56 Å². The molecule has 0 atom stereocenters. The molecule has 1 aliphatic heterocycles. The lowest BCUT2D eigenvalue weighted by Crippen LogP contribution is -2.33. The standard InChI is InChI=1S/C24H23N5O2/c1-15-10-22-26-16(2)11-23(30)29(22)27-24(15)28-9-8-20-18(14-28)12-17(13-25-20)19-6-4-5-7-21(19)31-3/h4-7,10-13H,8-9,14H2,1-3H3. The maximum absolute atomic E-state index is 12.4. The van der Waals surface area contributed by atoms with E-state index in [1.54, 1.807) is 7.11 Å². The molecule has 0 saturated carbocycles. The average molecular weight is 413 g/mol. The molecule has 0 N–H and O–H groups in total. The quantitative estimate of drug-likeness (QED) is 0.513. The van der Waals surface area contributed by atoms with Crippen LogP contribution in [0.25, 0.3) is 16.8 Å². The van der Waals surface area contributed by atoms with Crippen molar-refractivity contribution in [2.75, 3.05) is 18.6 Å². The Morgan fingerprint density at radius 3 is 2.77 bits per heavy atom. The van der Waals surface area contributed by atoms with Gasteiger partial charge in [0.1, 0.15) is 5.75 Å². The van der Waals surface area contributed by atoms with E-state index in [1.807, 2.05) is 50.4 Å². The van der Waals surface area contributed by atoms with Gasteiger partial charge in [-0.25, -0.2) is 4.98 Å². The van der Waals surface area contributed by atoms with Crippen molar-refractivity contribution in [2.45, 2.75) is 26.8 Å². The molecule has 0 bridgehead atoms. The number of fused-ring (bicyclic) bond motifs is 2. The van der Waals surface area contributed by atoms with Crippen LogP contribution >= 0.6 is 0 Å². The summed E-state index contributed by atoms with van der Waals surface area (Å²) >= 11 is 0. The number of hydrogen-bond donors (Lipinski definition) is 0. The van der Waals surface area contributed by atoms with Gasteiger partial charge < -0.3 is 9.64 Å². The van der Waals surface area contributed by atoms with Gasteiger partial charge in [0, 0.05) is 54.3 Å². The molecule has 31 heavy (non-hydrogen) atoms. The molecule has 5 rings (SSSR count). The second-order valence-corrected chi connectivity index (χ2v) is 7.86. The maximum atomic E-state index is 12.4. The second kappa shape index (κ2) is 7.50. The number of hydrogen-bond acceptors (Lipinski definition) is 6. The summed E-state index contributed by atoms with van der Waals surface area (Å²) in [5.74, 6) is 1.62. The van der Waals surface area contributed by atoms with Gasteiger partial charge in [-0.3, -0.25) is 9.78 Å². The molecule has 156 valence electrons. The zero-order valence-electron chi connectivity index (χ0n) is 17.8. The number of pyridine rings is 1. The molecule has 0 aliphatic carbocycles. The van der Waals surface area contributed by atoms with Gasteiger partial charge >= 0.3 is 0 Å². The van der Waals surface area contributed by atoms with E-state index >= 15 is 0 Å².